The molecule has 0 aliphatic heterocycles. The molecule has 1 amide bonds. The van der Waals surface area contributed by atoms with E-state index in [1.165, 1.54) is 4.90 Å². The van der Waals surface area contributed by atoms with Crippen molar-refractivity contribution in [1.29, 1.82) is 0 Å². The van der Waals surface area contributed by atoms with Crippen LogP contribution in [0.4, 0.5) is 0 Å². The molecule has 1 heterocycles. The summed E-state index contributed by atoms with van der Waals surface area (Å²) in [6.07, 6.45) is -0.520. The number of nitrogens with zero attached hydrogens (tertiary/aromatic N) is 3. The standard InChI is InChI=1S/C11H19N3O2/c1-5-14-10(6-8(2)12-14)11(16)13(4)7-9(3)15/h6,9,15H,5,7H2,1-4H3. The van der Waals surface area contributed by atoms with E-state index in [9.17, 15) is 9.90 Å². The maximum absolute atomic E-state index is 12.0. The number of aliphatic hydroxyl groups excluding tert-OH is 1. The van der Waals surface area contributed by atoms with Crippen molar-refractivity contribution in [2.75, 3.05) is 13.6 Å². The normalized spacial score (nSPS) is 12.6. The average Bonchev–Trinajstić information content (AvgIpc) is 2.57. The summed E-state index contributed by atoms with van der Waals surface area (Å²) < 4.78 is 1.68. The molecule has 0 spiro atoms. The number of hydrogen-bond acceptors (Lipinski definition) is 3. The lowest BCUT2D eigenvalue weighted by atomic mass is 10.3. The van der Waals surface area contributed by atoms with E-state index in [-0.39, 0.29) is 5.91 Å². The Morgan fingerprint density at radius 2 is 2.31 bits per heavy atom. The first kappa shape index (κ1) is 12.7. The lowest BCUT2D eigenvalue weighted by molar-refractivity contribution is 0.0692. The predicted octanol–water partition coefficient (Wildman–Crippen LogP) is 0.664. The van der Waals surface area contributed by atoms with Gasteiger partial charge in [-0.15, -0.1) is 0 Å². The van der Waals surface area contributed by atoms with Gasteiger partial charge in [-0.25, -0.2) is 0 Å². The first-order valence-corrected chi connectivity index (χ1v) is 5.43. The van der Waals surface area contributed by atoms with Crippen molar-refractivity contribution < 1.29 is 9.90 Å². The van der Waals surface area contributed by atoms with Crippen molar-refractivity contribution in [3.05, 3.63) is 17.5 Å². The average molecular weight is 225 g/mol. The van der Waals surface area contributed by atoms with Crippen LogP contribution in [0.25, 0.3) is 0 Å². The first-order chi connectivity index (χ1) is 7.45. The molecule has 1 atom stereocenters. The van der Waals surface area contributed by atoms with Crippen molar-refractivity contribution >= 4 is 5.91 Å². The number of likely N-dealkylation sites (N-methyl/N-ethyl adjacent to an activating group) is 1. The minimum Gasteiger partial charge on any atom is -0.392 e. The van der Waals surface area contributed by atoms with E-state index in [1.54, 1.807) is 24.7 Å². The van der Waals surface area contributed by atoms with Gasteiger partial charge in [-0.1, -0.05) is 0 Å². The predicted molar refractivity (Wildman–Crippen MR) is 61.3 cm³/mol. The number of aliphatic hydroxyl groups is 1. The Morgan fingerprint density at radius 1 is 1.69 bits per heavy atom. The number of aromatic nitrogens is 2. The zero-order chi connectivity index (χ0) is 12.3. The lowest BCUT2D eigenvalue weighted by Gasteiger charge is -2.18. The van der Waals surface area contributed by atoms with Gasteiger partial charge in [0.1, 0.15) is 5.69 Å². The van der Waals surface area contributed by atoms with Crippen molar-refractivity contribution in [3.63, 3.8) is 0 Å². The molecular formula is C11H19N3O2. The first-order valence-electron chi connectivity index (χ1n) is 5.43. The van der Waals surface area contributed by atoms with Gasteiger partial charge in [-0.2, -0.15) is 5.10 Å². The summed E-state index contributed by atoms with van der Waals surface area (Å²) in [5, 5.41) is 13.5. The van der Waals surface area contributed by atoms with Gasteiger partial charge in [0.15, 0.2) is 0 Å². The Labute approximate surface area is 95.7 Å². The maximum Gasteiger partial charge on any atom is 0.271 e. The Hall–Kier alpha value is -1.36. The highest BCUT2D eigenvalue weighted by Crippen LogP contribution is 2.07. The molecule has 5 heteroatoms. The van der Waals surface area contributed by atoms with Gasteiger partial charge in [-0.3, -0.25) is 9.48 Å². The number of amides is 1. The second-order valence-electron chi connectivity index (χ2n) is 4.02. The van der Waals surface area contributed by atoms with E-state index in [1.807, 2.05) is 13.8 Å². The van der Waals surface area contributed by atoms with E-state index in [2.05, 4.69) is 5.10 Å². The molecule has 0 aliphatic carbocycles. The van der Waals surface area contributed by atoms with Gasteiger partial charge in [0.2, 0.25) is 0 Å². The molecule has 0 saturated heterocycles. The quantitative estimate of drug-likeness (QED) is 0.819. The van der Waals surface area contributed by atoms with Gasteiger partial charge < -0.3 is 10.0 Å². The zero-order valence-corrected chi connectivity index (χ0v) is 10.3. The molecule has 0 fully saturated rings. The summed E-state index contributed by atoms with van der Waals surface area (Å²) in [4.78, 5) is 13.5. The van der Waals surface area contributed by atoms with Crippen LogP contribution >= 0.6 is 0 Å². The molecule has 1 rings (SSSR count). The SMILES string of the molecule is CCn1nc(C)cc1C(=O)N(C)CC(C)O. The van der Waals surface area contributed by atoms with Gasteiger partial charge in [-0.05, 0) is 26.8 Å². The maximum atomic E-state index is 12.0. The summed E-state index contributed by atoms with van der Waals surface area (Å²) >= 11 is 0. The second-order valence-corrected chi connectivity index (χ2v) is 4.02. The number of carbonyl (C=O) groups excluding carboxylic acids is 1. The Morgan fingerprint density at radius 3 is 2.81 bits per heavy atom. The molecule has 1 N–H and O–H groups in total. The molecule has 0 radical (unpaired) electrons. The van der Waals surface area contributed by atoms with Crippen LogP contribution in [0.3, 0.4) is 0 Å². The van der Waals surface area contributed by atoms with Crippen LogP contribution in [0.2, 0.25) is 0 Å². The highest BCUT2D eigenvalue weighted by molar-refractivity contribution is 5.92. The fourth-order valence-corrected chi connectivity index (χ4v) is 1.63. The largest absolute Gasteiger partial charge is 0.392 e. The fourth-order valence-electron chi connectivity index (χ4n) is 1.63. The van der Waals surface area contributed by atoms with Gasteiger partial charge in [0, 0.05) is 20.1 Å². The van der Waals surface area contributed by atoms with Crippen LogP contribution in [0.15, 0.2) is 6.07 Å². The highest BCUT2D eigenvalue weighted by Gasteiger charge is 2.18. The van der Waals surface area contributed by atoms with E-state index < -0.39 is 6.10 Å². The molecule has 1 aromatic rings. The third-order valence-electron chi connectivity index (χ3n) is 2.31. The molecule has 0 aromatic carbocycles. The van der Waals surface area contributed by atoms with Crippen LogP contribution in [0, 0.1) is 6.92 Å². The minimum atomic E-state index is -0.520. The molecule has 0 saturated carbocycles. The molecule has 1 unspecified atom stereocenters. The van der Waals surface area contributed by atoms with Gasteiger partial charge >= 0.3 is 0 Å². The van der Waals surface area contributed by atoms with Crippen molar-refractivity contribution in [2.24, 2.45) is 0 Å². The van der Waals surface area contributed by atoms with Crippen molar-refractivity contribution in [1.82, 2.24) is 14.7 Å². The molecule has 0 aliphatic rings. The van der Waals surface area contributed by atoms with E-state index in [0.717, 1.165) is 5.69 Å². The number of hydrogen-bond donors (Lipinski definition) is 1. The third kappa shape index (κ3) is 2.82. The molecule has 5 nitrogen and oxygen atoms in total. The van der Waals surface area contributed by atoms with Crippen molar-refractivity contribution in [3.8, 4) is 0 Å². The van der Waals surface area contributed by atoms with Crippen molar-refractivity contribution in [2.45, 2.75) is 33.4 Å². The Kier molecular flexibility index (Phi) is 4.06. The minimum absolute atomic E-state index is 0.108. The van der Waals surface area contributed by atoms with Crippen LogP contribution in [-0.4, -0.2) is 45.4 Å². The third-order valence-corrected chi connectivity index (χ3v) is 2.31. The number of carbonyl (C=O) groups is 1. The smallest absolute Gasteiger partial charge is 0.271 e. The van der Waals surface area contributed by atoms with Gasteiger partial charge in [0.25, 0.3) is 5.91 Å². The lowest BCUT2D eigenvalue weighted by Crippen LogP contribution is -2.34. The second kappa shape index (κ2) is 5.12. The number of rotatable bonds is 4. The number of aryl methyl sites for hydroxylation is 2. The fraction of sp³-hybridized carbons (Fsp3) is 0.636. The zero-order valence-electron chi connectivity index (χ0n) is 10.3. The van der Waals surface area contributed by atoms with Crippen LogP contribution in [0.5, 0.6) is 0 Å². The molecule has 16 heavy (non-hydrogen) atoms. The van der Waals surface area contributed by atoms with Crippen LogP contribution in [0.1, 0.15) is 30.0 Å². The Balaban J connectivity index is 2.86. The summed E-state index contributed by atoms with van der Waals surface area (Å²) in [6, 6.07) is 1.77. The summed E-state index contributed by atoms with van der Waals surface area (Å²) in [6.45, 7) is 6.45. The molecule has 1 aromatic heterocycles. The van der Waals surface area contributed by atoms with E-state index >= 15 is 0 Å². The van der Waals surface area contributed by atoms with E-state index in [4.69, 9.17) is 0 Å². The Bertz CT molecular complexity index is 371. The summed E-state index contributed by atoms with van der Waals surface area (Å²) in [5.74, 6) is -0.108. The monoisotopic (exact) mass is 225 g/mol. The highest BCUT2D eigenvalue weighted by atomic mass is 16.3. The molecule has 0 bridgehead atoms. The van der Waals surface area contributed by atoms with Crippen LogP contribution in [-0.2, 0) is 6.54 Å². The summed E-state index contributed by atoms with van der Waals surface area (Å²) in [7, 11) is 1.68. The van der Waals surface area contributed by atoms with E-state index in [0.29, 0.717) is 18.8 Å². The summed E-state index contributed by atoms with van der Waals surface area (Å²) in [5.41, 5.74) is 1.40. The van der Waals surface area contributed by atoms with Crippen LogP contribution < -0.4 is 0 Å². The molecule has 90 valence electrons. The molecular weight excluding hydrogens is 206 g/mol. The van der Waals surface area contributed by atoms with Gasteiger partial charge in [0.05, 0.1) is 11.8 Å². The topological polar surface area (TPSA) is 58.4 Å².